The van der Waals surface area contributed by atoms with Crippen molar-refractivity contribution in [1.82, 2.24) is 4.90 Å². The number of benzene rings is 1. The van der Waals surface area contributed by atoms with Crippen LogP contribution >= 0.6 is 24.0 Å². The first-order chi connectivity index (χ1) is 10.1. The van der Waals surface area contributed by atoms with E-state index in [-0.39, 0.29) is 5.78 Å². The number of Topliss-reactive ketones (excluding diaryl/α,β-unsaturated/α-hetero) is 1. The number of esters is 1. The molecule has 0 aromatic heterocycles. The van der Waals surface area contributed by atoms with E-state index in [0.717, 1.165) is 17.4 Å². The van der Waals surface area contributed by atoms with Crippen LogP contribution in [-0.2, 0) is 4.74 Å². The highest BCUT2D eigenvalue weighted by Crippen LogP contribution is 2.17. The number of thioether (sulfide) groups is 1. The smallest absolute Gasteiger partial charge is 0.337 e. The average molecular weight is 323 g/mol. The highest BCUT2D eigenvalue weighted by atomic mass is 32.2. The maximum Gasteiger partial charge on any atom is 0.337 e. The van der Waals surface area contributed by atoms with Gasteiger partial charge in [0.2, 0.25) is 0 Å². The quantitative estimate of drug-likeness (QED) is 0.482. The van der Waals surface area contributed by atoms with Crippen LogP contribution in [0.25, 0.3) is 0 Å². The SMILES string of the molecule is COC(=O)c1ccc(C(=O)CSC(=S)N2CCCC2)cc1. The molecule has 0 amide bonds. The first-order valence-electron chi connectivity index (χ1n) is 6.75. The molecule has 0 aliphatic carbocycles. The van der Waals surface area contributed by atoms with Gasteiger partial charge in [-0.1, -0.05) is 36.1 Å². The minimum absolute atomic E-state index is 0.0120. The van der Waals surface area contributed by atoms with Gasteiger partial charge in [-0.25, -0.2) is 4.79 Å². The summed E-state index contributed by atoms with van der Waals surface area (Å²) in [5.74, 6) is -0.0658. The van der Waals surface area contributed by atoms with Crippen LogP contribution in [-0.4, -0.2) is 46.9 Å². The standard InChI is InChI=1S/C15H17NO3S2/c1-19-14(18)12-6-4-11(5-7-12)13(17)10-21-15(20)16-8-2-3-9-16/h4-7H,2-3,8-10H2,1H3. The van der Waals surface area contributed by atoms with Gasteiger partial charge in [0.1, 0.15) is 4.32 Å². The molecule has 0 saturated carbocycles. The Hall–Kier alpha value is -1.40. The first-order valence-corrected chi connectivity index (χ1v) is 8.14. The van der Waals surface area contributed by atoms with Crippen LogP contribution in [0.1, 0.15) is 33.6 Å². The van der Waals surface area contributed by atoms with Gasteiger partial charge in [-0.2, -0.15) is 0 Å². The summed E-state index contributed by atoms with van der Waals surface area (Å²) in [5.41, 5.74) is 1.02. The Morgan fingerprint density at radius 3 is 2.33 bits per heavy atom. The van der Waals surface area contributed by atoms with Crippen molar-refractivity contribution in [3.63, 3.8) is 0 Å². The van der Waals surface area contributed by atoms with Crippen LogP contribution in [0.15, 0.2) is 24.3 Å². The molecule has 2 rings (SSSR count). The van der Waals surface area contributed by atoms with Crippen molar-refractivity contribution < 1.29 is 14.3 Å². The molecule has 4 nitrogen and oxygen atoms in total. The lowest BCUT2D eigenvalue weighted by atomic mass is 10.1. The Bertz CT molecular complexity index is 536. The van der Waals surface area contributed by atoms with Crippen molar-refractivity contribution >= 4 is 40.1 Å². The molecule has 21 heavy (non-hydrogen) atoms. The van der Waals surface area contributed by atoms with Crippen molar-refractivity contribution in [1.29, 1.82) is 0 Å². The third-order valence-corrected chi connectivity index (χ3v) is 4.84. The number of ketones is 1. The van der Waals surface area contributed by atoms with Crippen molar-refractivity contribution in [2.75, 3.05) is 26.0 Å². The van der Waals surface area contributed by atoms with Crippen molar-refractivity contribution in [2.24, 2.45) is 0 Å². The number of carbonyl (C=O) groups excluding carboxylic acids is 2. The number of hydrogen-bond donors (Lipinski definition) is 0. The number of methoxy groups -OCH3 is 1. The Morgan fingerprint density at radius 1 is 1.19 bits per heavy atom. The summed E-state index contributed by atoms with van der Waals surface area (Å²) in [6.45, 7) is 1.99. The fourth-order valence-corrected chi connectivity index (χ4v) is 3.26. The van der Waals surface area contributed by atoms with Crippen LogP contribution in [0.3, 0.4) is 0 Å². The van der Waals surface area contributed by atoms with E-state index in [1.54, 1.807) is 24.3 Å². The van der Waals surface area contributed by atoms with Crippen molar-refractivity contribution in [2.45, 2.75) is 12.8 Å². The minimum Gasteiger partial charge on any atom is -0.465 e. The summed E-state index contributed by atoms with van der Waals surface area (Å²) in [6.07, 6.45) is 2.34. The summed E-state index contributed by atoms with van der Waals surface area (Å²) in [4.78, 5) is 25.6. The number of carbonyl (C=O) groups is 2. The molecule has 0 spiro atoms. The van der Waals surface area contributed by atoms with Crippen LogP contribution in [0.5, 0.6) is 0 Å². The van der Waals surface area contributed by atoms with Gasteiger partial charge in [-0.15, -0.1) is 0 Å². The summed E-state index contributed by atoms with van der Waals surface area (Å²) in [6, 6.07) is 6.49. The zero-order valence-corrected chi connectivity index (χ0v) is 13.5. The van der Waals surface area contributed by atoms with Crippen molar-refractivity contribution in [3.05, 3.63) is 35.4 Å². The first kappa shape index (κ1) is 16.0. The van der Waals surface area contributed by atoms with Gasteiger partial charge < -0.3 is 9.64 Å². The zero-order valence-electron chi connectivity index (χ0n) is 11.8. The summed E-state index contributed by atoms with van der Waals surface area (Å²) >= 11 is 6.74. The molecule has 0 atom stereocenters. The summed E-state index contributed by atoms with van der Waals surface area (Å²) < 4.78 is 5.42. The molecule has 1 aliphatic heterocycles. The monoisotopic (exact) mass is 323 g/mol. The normalized spacial score (nSPS) is 14.0. The summed E-state index contributed by atoms with van der Waals surface area (Å²) in [7, 11) is 1.33. The predicted octanol–water partition coefficient (Wildman–Crippen LogP) is 2.77. The number of hydrogen-bond acceptors (Lipinski definition) is 5. The average Bonchev–Trinajstić information content (AvgIpc) is 3.06. The predicted molar refractivity (Wildman–Crippen MR) is 88.0 cm³/mol. The maximum atomic E-state index is 12.1. The van der Waals surface area contributed by atoms with E-state index >= 15 is 0 Å². The topological polar surface area (TPSA) is 46.6 Å². The van der Waals surface area contributed by atoms with E-state index in [9.17, 15) is 9.59 Å². The van der Waals surface area contributed by atoms with E-state index in [0.29, 0.717) is 16.9 Å². The second-order valence-electron chi connectivity index (χ2n) is 4.74. The van der Waals surface area contributed by atoms with Gasteiger partial charge in [-0.05, 0) is 25.0 Å². The number of likely N-dealkylation sites (tertiary alicyclic amines) is 1. The lowest BCUT2D eigenvalue weighted by molar-refractivity contribution is 0.0600. The molecule has 1 fully saturated rings. The highest BCUT2D eigenvalue weighted by molar-refractivity contribution is 8.23. The molecule has 0 bridgehead atoms. The van der Waals surface area contributed by atoms with E-state index in [2.05, 4.69) is 9.64 Å². The van der Waals surface area contributed by atoms with Crippen LogP contribution in [0, 0.1) is 0 Å². The lowest BCUT2D eigenvalue weighted by Gasteiger charge is -2.17. The van der Waals surface area contributed by atoms with Gasteiger partial charge in [0, 0.05) is 18.7 Å². The number of ether oxygens (including phenoxy) is 1. The minimum atomic E-state index is -0.404. The van der Waals surface area contributed by atoms with Gasteiger partial charge in [0.05, 0.1) is 18.4 Å². The second kappa shape index (κ2) is 7.56. The van der Waals surface area contributed by atoms with Gasteiger partial charge >= 0.3 is 5.97 Å². The molecule has 6 heteroatoms. The van der Waals surface area contributed by atoms with Gasteiger partial charge in [-0.3, -0.25) is 4.79 Å². The van der Waals surface area contributed by atoms with Crippen molar-refractivity contribution in [3.8, 4) is 0 Å². The number of nitrogens with zero attached hydrogens (tertiary/aromatic N) is 1. The molecule has 0 radical (unpaired) electrons. The summed E-state index contributed by atoms with van der Waals surface area (Å²) in [5, 5.41) is 0. The van der Waals surface area contributed by atoms with E-state index in [1.165, 1.54) is 31.7 Å². The van der Waals surface area contributed by atoms with Crippen LogP contribution in [0.4, 0.5) is 0 Å². The lowest BCUT2D eigenvalue weighted by Crippen LogP contribution is -2.24. The molecule has 1 saturated heterocycles. The molecule has 1 heterocycles. The highest BCUT2D eigenvalue weighted by Gasteiger charge is 2.17. The Morgan fingerprint density at radius 2 is 1.76 bits per heavy atom. The maximum absolute atomic E-state index is 12.1. The molecular weight excluding hydrogens is 306 g/mol. The Kier molecular flexibility index (Phi) is 5.76. The largest absolute Gasteiger partial charge is 0.465 e. The van der Waals surface area contributed by atoms with Gasteiger partial charge in [0.15, 0.2) is 5.78 Å². The Balaban J connectivity index is 1.88. The fraction of sp³-hybridized carbons (Fsp3) is 0.400. The second-order valence-corrected chi connectivity index (χ2v) is 6.35. The molecular formula is C15H17NO3S2. The van der Waals surface area contributed by atoms with E-state index in [1.807, 2.05) is 0 Å². The molecule has 0 unspecified atom stereocenters. The number of rotatable bonds is 4. The molecule has 112 valence electrons. The Labute approximate surface area is 133 Å². The van der Waals surface area contributed by atoms with E-state index < -0.39 is 5.97 Å². The van der Waals surface area contributed by atoms with Crippen LogP contribution in [0.2, 0.25) is 0 Å². The third kappa shape index (κ3) is 4.28. The fourth-order valence-electron chi connectivity index (χ4n) is 2.11. The van der Waals surface area contributed by atoms with E-state index in [4.69, 9.17) is 12.2 Å². The zero-order chi connectivity index (χ0) is 15.2. The third-order valence-electron chi connectivity index (χ3n) is 3.32. The molecule has 1 aliphatic rings. The molecule has 1 aromatic rings. The number of thiocarbonyl (C=S) groups is 1. The molecule has 0 N–H and O–H groups in total. The van der Waals surface area contributed by atoms with Gasteiger partial charge in [0.25, 0.3) is 0 Å². The molecule has 1 aromatic carbocycles. The van der Waals surface area contributed by atoms with Crippen LogP contribution < -0.4 is 0 Å².